The molecule has 82 valence electrons. The Morgan fingerprint density at radius 3 is 2.71 bits per heavy atom. The van der Waals surface area contributed by atoms with Gasteiger partial charge < -0.3 is 16.2 Å². The number of carbonyl (C=O) groups is 1. The highest BCUT2D eigenvalue weighted by Crippen LogP contribution is 2.29. The molecule has 1 fully saturated rings. The molecule has 1 atom stereocenters. The molecule has 1 aliphatic carbocycles. The van der Waals surface area contributed by atoms with Gasteiger partial charge in [0.15, 0.2) is 0 Å². The first kappa shape index (κ1) is 11.5. The third-order valence-corrected chi connectivity index (χ3v) is 2.87. The Labute approximate surface area is 84.9 Å². The second-order valence-electron chi connectivity index (χ2n) is 4.25. The fourth-order valence-electron chi connectivity index (χ4n) is 1.62. The highest BCUT2D eigenvalue weighted by Gasteiger charge is 2.40. The van der Waals surface area contributed by atoms with E-state index in [9.17, 15) is 4.79 Å². The monoisotopic (exact) mass is 200 g/mol. The zero-order chi connectivity index (χ0) is 10.6. The van der Waals surface area contributed by atoms with Crippen LogP contribution >= 0.6 is 0 Å². The van der Waals surface area contributed by atoms with E-state index in [1.165, 1.54) is 0 Å². The van der Waals surface area contributed by atoms with Crippen LogP contribution in [0.2, 0.25) is 0 Å². The minimum atomic E-state index is -0.604. The van der Waals surface area contributed by atoms with Gasteiger partial charge in [0, 0.05) is 12.6 Å². The van der Waals surface area contributed by atoms with Gasteiger partial charge in [-0.15, -0.1) is 0 Å². The molecule has 1 unspecified atom stereocenters. The third-order valence-electron chi connectivity index (χ3n) is 2.87. The summed E-state index contributed by atoms with van der Waals surface area (Å²) in [6, 6.07) is 0.107. The lowest BCUT2D eigenvalue weighted by molar-refractivity contribution is -0.129. The first-order valence-electron chi connectivity index (χ1n) is 5.29. The van der Waals surface area contributed by atoms with Crippen LogP contribution in [0.3, 0.4) is 0 Å². The number of rotatable bonds is 5. The predicted molar refractivity (Wildman–Crippen MR) is 54.7 cm³/mol. The fourth-order valence-corrected chi connectivity index (χ4v) is 1.62. The summed E-state index contributed by atoms with van der Waals surface area (Å²) in [5, 5.41) is 11.5. The lowest BCUT2D eigenvalue weighted by atomic mass is 9.77. The largest absolute Gasteiger partial charge is 0.396 e. The topological polar surface area (TPSA) is 75.3 Å². The normalized spacial score (nSPS) is 21.1. The van der Waals surface area contributed by atoms with E-state index in [1.807, 2.05) is 6.92 Å². The minimum Gasteiger partial charge on any atom is -0.396 e. The van der Waals surface area contributed by atoms with Crippen LogP contribution in [-0.4, -0.2) is 29.2 Å². The van der Waals surface area contributed by atoms with Gasteiger partial charge in [-0.05, 0) is 39.0 Å². The van der Waals surface area contributed by atoms with E-state index in [0.29, 0.717) is 0 Å². The molecule has 0 spiro atoms. The average molecular weight is 200 g/mol. The quantitative estimate of drug-likeness (QED) is 0.591. The molecule has 0 aromatic heterocycles. The summed E-state index contributed by atoms with van der Waals surface area (Å²) in [6.07, 6.45) is 4.17. The fraction of sp³-hybridized carbons (Fsp3) is 0.900. The first-order chi connectivity index (χ1) is 6.58. The van der Waals surface area contributed by atoms with Gasteiger partial charge in [0.1, 0.15) is 0 Å². The van der Waals surface area contributed by atoms with Gasteiger partial charge in [-0.3, -0.25) is 4.79 Å². The van der Waals surface area contributed by atoms with E-state index in [0.717, 1.165) is 32.1 Å². The summed E-state index contributed by atoms with van der Waals surface area (Å²) < 4.78 is 0. The standard InChI is InChI=1S/C10H20N2O2/c1-8(4-2-7-13)12-9(14)10(11)5-3-6-10/h8,13H,2-7,11H2,1H3,(H,12,14). The number of aliphatic hydroxyl groups is 1. The van der Waals surface area contributed by atoms with Crippen LogP contribution in [0.4, 0.5) is 0 Å². The Balaban J connectivity index is 2.25. The summed E-state index contributed by atoms with van der Waals surface area (Å²) in [7, 11) is 0. The van der Waals surface area contributed by atoms with Crippen molar-refractivity contribution in [2.75, 3.05) is 6.61 Å². The number of nitrogens with two attached hydrogens (primary N) is 1. The maximum atomic E-state index is 11.6. The zero-order valence-corrected chi connectivity index (χ0v) is 8.75. The highest BCUT2D eigenvalue weighted by atomic mass is 16.3. The van der Waals surface area contributed by atoms with E-state index in [4.69, 9.17) is 10.8 Å². The Morgan fingerprint density at radius 2 is 2.29 bits per heavy atom. The van der Waals surface area contributed by atoms with Crippen molar-refractivity contribution in [3.8, 4) is 0 Å². The van der Waals surface area contributed by atoms with Gasteiger partial charge in [-0.25, -0.2) is 0 Å². The van der Waals surface area contributed by atoms with Gasteiger partial charge in [-0.2, -0.15) is 0 Å². The molecule has 4 N–H and O–H groups in total. The van der Waals surface area contributed by atoms with E-state index < -0.39 is 5.54 Å². The summed E-state index contributed by atoms with van der Waals surface area (Å²) >= 11 is 0. The molecule has 0 aliphatic heterocycles. The van der Waals surface area contributed by atoms with Gasteiger partial charge in [0.25, 0.3) is 0 Å². The van der Waals surface area contributed by atoms with Crippen molar-refractivity contribution in [1.82, 2.24) is 5.32 Å². The lowest BCUT2D eigenvalue weighted by Gasteiger charge is -2.37. The van der Waals surface area contributed by atoms with E-state index in [1.54, 1.807) is 0 Å². The second kappa shape index (κ2) is 4.75. The van der Waals surface area contributed by atoms with E-state index in [2.05, 4.69) is 5.32 Å². The molecule has 0 aromatic carbocycles. The molecule has 14 heavy (non-hydrogen) atoms. The van der Waals surface area contributed by atoms with Crippen LogP contribution in [0.25, 0.3) is 0 Å². The second-order valence-corrected chi connectivity index (χ2v) is 4.25. The number of hydrogen-bond acceptors (Lipinski definition) is 3. The van der Waals surface area contributed by atoms with Crippen LogP contribution in [0.15, 0.2) is 0 Å². The van der Waals surface area contributed by atoms with Crippen LogP contribution in [0.1, 0.15) is 39.0 Å². The van der Waals surface area contributed by atoms with Crippen molar-refractivity contribution in [3.63, 3.8) is 0 Å². The smallest absolute Gasteiger partial charge is 0.240 e. The molecule has 1 amide bonds. The molecule has 1 aliphatic rings. The molecule has 4 nitrogen and oxygen atoms in total. The lowest BCUT2D eigenvalue weighted by Crippen LogP contribution is -2.59. The van der Waals surface area contributed by atoms with Crippen molar-refractivity contribution in [3.05, 3.63) is 0 Å². The molecule has 0 bridgehead atoms. The minimum absolute atomic E-state index is 0.0332. The summed E-state index contributed by atoms with van der Waals surface area (Å²) in [5.41, 5.74) is 5.26. The third kappa shape index (κ3) is 2.69. The van der Waals surface area contributed by atoms with Crippen molar-refractivity contribution >= 4 is 5.91 Å². The molecule has 0 aromatic rings. The average Bonchev–Trinajstić information content (AvgIpc) is 2.10. The van der Waals surface area contributed by atoms with Crippen molar-refractivity contribution < 1.29 is 9.90 Å². The maximum absolute atomic E-state index is 11.6. The first-order valence-corrected chi connectivity index (χ1v) is 5.29. The number of hydrogen-bond donors (Lipinski definition) is 3. The molecule has 0 radical (unpaired) electrons. The van der Waals surface area contributed by atoms with E-state index >= 15 is 0 Å². The Hall–Kier alpha value is -0.610. The molecule has 0 heterocycles. The van der Waals surface area contributed by atoms with E-state index in [-0.39, 0.29) is 18.6 Å². The van der Waals surface area contributed by atoms with Crippen LogP contribution in [-0.2, 0) is 4.79 Å². The van der Waals surface area contributed by atoms with Gasteiger partial charge >= 0.3 is 0 Å². The molecular weight excluding hydrogens is 180 g/mol. The predicted octanol–water partition coefficient (Wildman–Crippen LogP) is 0.145. The summed E-state index contributed by atoms with van der Waals surface area (Å²) in [6.45, 7) is 2.11. The van der Waals surface area contributed by atoms with Gasteiger partial charge in [0.05, 0.1) is 5.54 Å². The molecule has 1 saturated carbocycles. The van der Waals surface area contributed by atoms with Crippen LogP contribution in [0, 0.1) is 0 Å². The van der Waals surface area contributed by atoms with Crippen molar-refractivity contribution in [2.24, 2.45) is 5.73 Å². The van der Waals surface area contributed by atoms with Crippen LogP contribution in [0.5, 0.6) is 0 Å². The maximum Gasteiger partial charge on any atom is 0.240 e. The van der Waals surface area contributed by atoms with Crippen molar-refractivity contribution in [1.29, 1.82) is 0 Å². The van der Waals surface area contributed by atoms with Crippen LogP contribution < -0.4 is 11.1 Å². The van der Waals surface area contributed by atoms with Gasteiger partial charge in [-0.1, -0.05) is 0 Å². The Bertz CT molecular complexity index is 202. The number of amides is 1. The number of aliphatic hydroxyl groups excluding tert-OH is 1. The highest BCUT2D eigenvalue weighted by molar-refractivity contribution is 5.87. The molecule has 4 heteroatoms. The zero-order valence-electron chi connectivity index (χ0n) is 8.75. The Morgan fingerprint density at radius 1 is 1.64 bits per heavy atom. The number of nitrogens with one attached hydrogen (secondary N) is 1. The molecular formula is C10H20N2O2. The summed E-state index contributed by atoms with van der Waals surface area (Å²) in [5.74, 6) is -0.0332. The Kier molecular flexibility index (Phi) is 3.89. The SMILES string of the molecule is CC(CCCO)NC(=O)C1(N)CCC1. The number of carbonyl (C=O) groups excluding carboxylic acids is 1. The summed E-state index contributed by atoms with van der Waals surface area (Å²) in [4.78, 5) is 11.6. The van der Waals surface area contributed by atoms with Gasteiger partial charge in [0.2, 0.25) is 5.91 Å². The van der Waals surface area contributed by atoms with Crippen molar-refractivity contribution in [2.45, 2.75) is 50.6 Å². The molecule has 0 saturated heterocycles. The molecule has 1 rings (SSSR count).